The van der Waals surface area contributed by atoms with Gasteiger partial charge in [0.25, 0.3) is 11.8 Å². The number of likely N-dealkylation sites (tertiary alicyclic amines) is 1. The number of aliphatic hydroxyl groups is 1. The summed E-state index contributed by atoms with van der Waals surface area (Å²) in [5.41, 5.74) is 0.302. The molecule has 2 fully saturated rings. The molecule has 47 heavy (non-hydrogen) atoms. The Balaban J connectivity index is 1.50. The quantitative estimate of drug-likeness (QED) is 0.250. The molecule has 0 radical (unpaired) electrons. The SMILES string of the molecule is CCOC(=O)N1CCN(C(=O)C(CCC(=O)O)NC(=O)c2cc(OCC(=O)N3C[C@@H](O)C[C@H]3C(=O)OC)n(-c3ccccc3)n2)CC1. The van der Waals surface area contributed by atoms with E-state index in [9.17, 15) is 39.0 Å². The minimum atomic E-state index is -1.21. The van der Waals surface area contributed by atoms with Crippen LogP contribution < -0.4 is 10.1 Å². The Hall–Kier alpha value is -5.19. The molecule has 1 unspecified atom stereocenters. The lowest BCUT2D eigenvalue weighted by molar-refractivity contribution is -0.151. The number of aliphatic hydroxyl groups excluding tert-OH is 1. The summed E-state index contributed by atoms with van der Waals surface area (Å²) in [6, 6.07) is 7.66. The van der Waals surface area contributed by atoms with Crippen LogP contribution in [0.5, 0.6) is 5.88 Å². The van der Waals surface area contributed by atoms with E-state index < -0.39 is 67.0 Å². The Labute approximate surface area is 269 Å². The van der Waals surface area contributed by atoms with Gasteiger partial charge in [0.15, 0.2) is 12.3 Å². The minimum Gasteiger partial charge on any atom is -0.481 e. The van der Waals surface area contributed by atoms with Crippen LogP contribution in [-0.2, 0) is 28.7 Å². The predicted octanol–water partition coefficient (Wildman–Crippen LogP) is -0.350. The van der Waals surface area contributed by atoms with Crippen LogP contribution in [0.1, 0.15) is 36.7 Å². The number of hydrogen-bond donors (Lipinski definition) is 3. The standard InChI is InChI=1S/C30H38N6O11/c1-3-46-30(44)34-13-11-33(12-14-34)28(42)21(9-10-26(39)40)31-27(41)22-16-25(36(32-22)19-7-5-4-6-8-19)47-18-24(38)35-17-20(37)15-23(35)29(43)45-2/h4-8,16,20-21,23,37H,3,9-15,17-18H2,1-2H3,(H,31,41)(H,39,40)/t20-,21?,23-/m0/s1. The summed E-state index contributed by atoms with van der Waals surface area (Å²) in [6.45, 7) is 2.00. The van der Waals surface area contributed by atoms with E-state index in [0.29, 0.717) is 5.69 Å². The van der Waals surface area contributed by atoms with Crippen LogP contribution in [-0.4, -0.2) is 142 Å². The molecule has 3 heterocycles. The molecular formula is C30H38N6O11. The topological polar surface area (TPSA) is 210 Å². The number of hydrogen-bond acceptors (Lipinski definition) is 11. The number of nitrogens with one attached hydrogen (secondary N) is 1. The van der Waals surface area contributed by atoms with Gasteiger partial charge in [-0.2, -0.15) is 5.10 Å². The second-order valence-electron chi connectivity index (χ2n) is 10.8. The highest BCUT2D eigenvalue weighted by atomic mass is 16.6. The maximum atomic E-state index is 13.4. The normalized spacial score (nSPS) is 18.3. The van der Waals surface area contributed by atoms with Crippen LogP contribution in [0.4, 0.5) is 4.79 Å². The average molecular weight is 659 g/mol. The number of carbonyl (C=O) groups excluding carboxylic acids is 5. The van der Waals surface area contributed by atoms with Crippen molar-refractivity contribution in [3.8, 4) is 11.6 Å². The Morgan fingerprint density at radius 3 is 2.36 bits per heavy atom. The van der Waals surface area contributed by atoms with Crippen molar-refractivity contribution in [3.05, 3.63) is 42.1 Å². The van der Waals surface area contributed by atoms with Crippen LogP contribution in [0.15, 0.2) is 36.4 Å². The Kier molecular flexibility index (Phi) is 11.7. The summed E-state index contributed by atoms with van der Waals surface area (Å²) in [6.07, 6.45) is -1.98. The molecule has 2 aromatic rings. The van der Waals surface area contributed by atoms with Crippen LogP contribution in [0.2, 0.25) is 0 Å². The number of carbonyl (C=O) groups is 6. The lowest BCUT2D eigenvalue weighted by Crippen LogP contribution is -2.56. The number of carboxylic acid groups (broad SMARTS) is 1. The molecule has 3 atom stereocenters. The number of rotatable bonds is 12. The number of aromatic nitrogens is 2. The highest BCUT2D eigenvalue weighted by molar-refractivity contribution is 5.96. The molecule has 254 valence electrons. The smallest absolute Gasteiger partial charge is 0.409 e. The molecule has 17 nitrogen and oxygen atoms in total. The number of aliphatic carboxylic acids is 1. The first kappa shape index (κ1) is 34.7. The first-order chi connectivity index (χ1) is 22.5. The van der Waals surface area contributed by atoms with Gasteiger partial charge in [-0.1, -0.05) is 18.2 Å². The molecule has 4 amide bonds. The third-order valence-electron chi connectivity index (χ3n) is 7.69. The van der Waals surface area contributed by atoms with Crippen LogP contribution >= 0.6 is 0 Å². The van der Waals surface area contributed by atoms with Gasteiger partial charge in [0.05, 0.1) is 25.5 Å². The van der Waals surface area contributed by atoms with E-state index >= 15 is 0 Å². The molecule has 4 rings (SSSR count). The zero-order valence-corrected chi connectivity index (χ0v) is 26.1. The number of ether oxygens (including phenoxy) is 3. The van der Waals surface area contributed by atoms with Gasteiger partial charge in [0, 0.05) is 51.6 Å². The van der Waals surface area contributed by atoms with E-state index in [0.717, 1.165) is 0 Å². The van der Waals surface area contributed by atoms with Gasteiger partial charge >= 0.3 is 18.0 Å². The molecular weight excluding hydrogens is 620 g/mol. The second-order valence-corrected chi connectivity index (χ2v) is 10.8. The van der Waals surface area contributed by atoms with Crippen molar-refractivity contribution in [2.75, 3.05) is 53.0 Å². The third-order valence-corrected chi connectivity index (χ3v) is 7.69. The van der Waals surface area contributed by atoms with E-state index in [-0.39, 0.29) is 63.7 Å². The van der Waals surface area contributed by atoms with Crippen molar-refractivity contribution in [1.29, 1.82) is 0 Å². The van der Waals surface area contributed by atoms with Crippen molar-refractivity contribution < 1.29 is 53.2 Å². The fraction of sp³-hybridized carbons (Fsp3) is 0.500. The molecule has 0 bridgehead atoms. The number of amides is 4. The molecule has 1 aromatic heterocycles. The highest BCUT2D eigenvalue weighted by Gasteiger charge is 2.40. The molecule has 2 aliphatic heterocycles. The summed E-state index contributed by atoms with van der Waals surface area (Å²) >= 11 is 0. The first-order valence-electron chi connectivity index (χ1n) is 15.1. The average Bonchev–Trinajstić information content (AvgIpc) is 3.69. The van der Waals surface area contributed by atoms with Gasteiger partial charge in [-0.15, -0.1) is 0 Å². The van der Waals surface area contributed by atoms with E-state index in [1.54, 1.807) is 37.3 Å². The molecule has 0 aliphatic carbocycles. The van der Waals surface area contributed by atoms with Crippen molar-refractivity contribution >= 4 is 35.8 Å². The maximum absolute atomic E-state index is 13.4. The number of benzene rings is 1. The molecule has 3 N–H and O–H groups in total. The summed E-state index contributed by atoms with van der Waals surface area (Å²) in [7, 11) is 1.18. The van der Waals surface area contributed by atoms with Gasteiger partial charge in [-0.05, 0) is 25.5 Å². The number of piperazine rings is 1. The number of β-amino-alcohol motifs (C(OH)–C–C–N with tert-alkyl or cyclic N) is 1. The van der Waals surface area contributed by atoms with Crippen molar-refractivity contribution in [3.63, 3.8) is 0 Å². The van der Waals surface area contributed by atoms with Gasteiger partial charge in [0.1, 0.15) is 12.1 Å². The molecule has 0 saturated carbocycles. The predicted molar refractivity (Wildman–Crippen MR) is 160 cm³/mol. The van der Waals surface area contributed by atoms with Gasteiger partial charge in [-0.25, -0.2) is 14.3 Å². The van der Waals surface area contributed by atoms with Crippen molar-refractivity contribution in [2.24, 2.45) is 0 Å². The summed E-state index contributed by atoms with van der Waals surface area (Å²) < 4.78 is 16.8. The van der Waals surface area contributed by atoms with Gasteiger partial charge < -0.3 is 44.4 Å². The fourth-order valence-electron chi connectivity index (χ4n) is 5.30. The Morgan fingerprint density at radius 2 is 1.72 bits per heavy atom. The van der Waals surface area contributed by atoms with Crippen molar-refractivity contribution in [2.45, 2.75) is 44.4 Å². The third kappa shape index (κ3) is 8.75. The maximum Gasteiger partial charge on any atom is 0.409 e. The van der Waals surface area contributed by atoms with Crippen LogP contribution in [0, 0.1) is 0 Å². The summed E-state index contributed by atoms with van der Waals surface area (Å²) in [5, 5.41) is 26.2. The second kappa shape index (κ2) is 15.9. The molecule has 2 saturated heterocycles. The minimum absolute atomic E-state index is 0.00689. The lowest BCUT2D eigenvalue weighted by atomic mass is 10.1. The number of esters is 1. The fourth-order valence-corrected chi connectivity index (χ4v) is 5.30. The number of para-hydroxylation sites is 1. The van der Waals surface area contributed by atoms with E-state index in [1.165, 1.54) is 32.6 Å². The van der Waals surface area contributed by atoms with Crippen LogP contribution in [0.25, 0.3) is 5.69 Å². The first-order valence-corrected chi connectivity index (χ1v) is 15.1. The molecule has 1 aromatic carbocycles. The van der Waals surface area contributed by atoms with Crippen molar-refractivity contribution in [1.82, 2.24) is 29.8 Å². The monoisotopic (exact) mass is 658 g/mol. The van der Waals surface area contributed by atoms with E-state index in [4.69, 9.17) is 14.2 Å². The molecule has 0 spiro atoms. The number of methoxy groups -OCH3 is 1. The molecule has 2 aliphatic rings. The lowest BCUT2D eigenvalue weighted by Gasteiger charge is -2.35. The largest absolute Gasteiger partial charge is 0.481 e. The Morgan fingerprint density at radius 1 is 1.04 bits per heavy atom. The van der Waals surface area contributed by atoms with Crippen LogP contribution in [0.3, 0.4) is 0 Å². The Bertz CT molecular complexity index is 1460. The summed E-state index contributed by atoms with van der Waals surface area (Å²) in [4.78, 5) is 79.5. The van der Waals surface area contributed by atoms with E-state index in [1.807, 2.05) is 0 Å². The van der Waals surface area contributed by atoms with E-state index in [2.05, 4.69) is 10.4 Å². The molecule has 17 heteroatoms. The zero-order chi connectivity index (χ0) is 34.1. The highest BCUT2D eigenvalue weighted by Crippen LogP contribution is 2.23. The zero-order valence-electron chi connectivity index (χ0n) is 26.1. The number of nitrogens with zero attached hydrogens (tertiary/aromatic N) is 5. The van der Waals surface area contributed by atoms with Gasteiger partial charge in [-0.3, -0.25) is 19.2 Å². The summed E-state index contributed by atoms with van der Waals surface area (Å²) in [5.74, 6) is -3.74. The number of carboxylic acids is 1. The van der Waals surface area contributed by atoms with Gasteiger partial charge in [0.2, 0.25) is 11.8 Å².